The molecule has 2 fully saturated rings. The Labute approximate surface area is 277 Å². The second-order valence-electron chi connectivity index (χ2n) is 9.41. The van der Waals surface area contributed by atoms with E-state index in [0.29, 0.717) is 15.6 Å². The van der Waals surface area contributed by atoms with Crippen molar-refractivity contribution in [1.29, 1.82) is 0 Å². The van der Waals surface area contributed by atoms with E-state index in [-0.39, 0.29) is 67.8 Å². The molecule has 3 aliphatic rings. The van der Waals surface area contributed by atoms with Crippen LogP contribution in [0.4, 0.5) is 4.79 Å². The van der Waals surface area contributed by atoms with Crippen LogP contribution in [0.2, 0.25) is 0 Å². The quantitative estimate of drug-likeness (QED) is 0.0608. The van der Waals surface area contributed by atoms with Crippen molar-refractivity contribution in [2.45, 2.75) is 42.2 Å². The van der Waals surface area contributed by atoms with Crippen LogP contribution in [0.5, 0.6) is 0 Å². The van der Waals surface area contributed by atoms with Gasteiger partial charge in [-0.3, -0.25) is 29.0 Å². The van der Waals surface area contributed by atoms with Crippen molar-refractivity contribution in [3.05, 3.63) is 11.3 Å². The summed E-state index contributed by atoms with van der Waals surface area (Å²) in [5.74, 6) is -4.87. The molecule has 43 heavy (non-hydrogen) atoms. The minimum atomic E-state index is -2.01. The number of nitrogens with zero attached hydrogens (tertiary/aromatic N) is 7. The maximum Gasteiger partial charge on any atom is 1.00 e. The molecule has 230 valence electrons. The van der Waals surface area contributed by atoms with E-state index >= 15 is 0 Å². The fraction of sp³-hybridized carbons (Fsp3) is 0.591. The van der Waals surface area contributed by atoms with Gasteiger partial charge in [-0.2, -0.15) is 0 Å². The summed E-state index contributed by atoms with van der Waals surface area (Å²) in [4.78, 5) is 79.3. The van der Waals surface area contributed by atoms with Gasteiger partial charge in [0.05, 0.1) is 6.10 Å². The Hall–Kier alpha value is -2.75. The number of imide groups is 1. The van der Waals surface area contributed by atoms with Crippen molar-refractivity contribution >= 4 is 59.2 Å². The maximum atomic E-state index is 13.4. The molecule has 0 aliphatic carbocycles. The first-order chi connectivity index (χ1) is 19.9. The molecule has 18 nitrogen and oxygen atoms in total. The zero-order valence-corrected chi connectivity index (χ0v) is 27.6. The summed E-state index contributed by atoms with van der Waals surface area (Å²) in [6.45, 7) is 3.15. The molecule has 0 aromatic carbocycles. The molecule has 1 aromatic rings. The van der Waals surface area contributed by atoms with E-state index in [9.17, 15) is 39.0 Å². The predicted octanol–water partition coefficient (Wildman–Crippen LogP) is -5.72. The number of ether oxygens (including phenoxy) is 1. The van der Waals surface area contributed by atoms with Crippen molar-refractivity contribution < 1.29 is 74.7 Å². The molecule has 4 N–H and O–H groups in total. The summed E-state index contributed by atoms with van der Waals surface area (Å²) >= 11 is 2.33. The molecule has 1 aromatic heterocycles. The molecule has 0 saturated carbocycles. The van der Waals surface area contributed by atoms with Crippen molar-refractivity contribution in [1.82, 2.24) is 45.5 Å². The smallest absolute Gasteiger partial charge is 1.00 e. The summed E-state index contributed by atoms with van der Waals surface area (Å²) in [6, 6.07) is -2.74. The van der Waals surface area contributed by atoms with Crippen LogP contribution in [0, 0.1) is 0 Å². The van der Waals surface area contributed by atoms with E-state index in [1.54, 1.807) is 14.0 Å². The molecule has 2 saturated heterocycles. The molecule has 3 aliphatic heterocycles. The summed E-state index contributed by atoms with van der Waals surface area (Å²) in [5.41, 5.74) is -1.84. The Morgan fingerprint density at radius 1 is 1.26 bits per heavy atom. The number of aromatic nitrogens is 4. The number of amides is 6. The number of carbonyl (C=O) groups excluding carboxylic acids is 5. The van der Waals surface area contributed by atoms with Gasteiger partial charge in [0, 0.05) is 45.3 Å². The number of urea groups is 1. The molecule has 0 unspecified atom stereocenters. The molecule has 4 rings (SSSR count). The van der Waals surface area contributed by atoms with E-state index in [1.165, 1.54) is 28.3 Å². The zero-order chi connectivity index (χ0) is 30.9. The number of nitrogens with one attached hydrogen (secondary N) is 2. The van der Waals surface area contributed by atoms with Gasteiger partial charge < -0.3 is 31.9 Å². The fourth-order valence-corrected chi connectivity index (χ4v) is 7.02. The number of tetrazole rings is 1. The monoisotopic (exact) mass is 651 g/mol. The fourth-order valence-electron chi connectivity index (χ4n) is 4.60. The zero-order valence-electron chi connectivity index (χ0n) is 25.0. The van der Waals surface area contributed by atoms with Crippen LogP contribution in [-0.4, -0.2) is 142 Å². The topological polar surface area (TPSA) is 229 Å². The Bertz CT molecular complexity index is 1370. The molecule has 4 heterocycles. The minimum absolute atomic E-state index is 0. The van der Waals surface area contributed by atoms with Gasteiger partial charge in [-0.05, 0) is 29.8 Å². The third-order valence-corrected chi connectivity index (χ3v) is 9.35. The molecule has 0 radical (unpaired) electrons. The van der Waals surface area contributed by atoms with Gasteiger partial charge >= 0.3 is 53.4 Å². The molecule has 0 bridgehead atoms. The maximum absolute atomic E-state index is 13.4. The van der Waals surface area contributed by atoms with E-state index in [2.05, 4.69) is 26.2 Å². The van der Waals surface area contributed by atoms with Crippen molar-refractivity contribution in [3.63, 3.8) is 0 Å². The van der Waals surface area contributed by atoms with Crippen molar-refractivity contribution in [2.75, 3.05) is 38.2 Å². The van der Waals surface area contributed by atoms with Crippen LogP contribution < -0.4 is 40.2 Å². The van der Waals surface area contributed by atoms with Crippen LogP contribution in [-0.2, 0) is 35.8 Å². The van der Waals surface area contributed by atoms with Gasteiger partial charge in [0.15, 0.2) is 0 Å². The SMILES string of the molecule is CCN1CCN(C(=O)N[C@@H](C(=O)N[C@]2(OC)C(=O)N3C(C(=O)O)=C(CSc4nnnn4C)CS[C@@H]32)[C@H](C)O)C(=O)C1=O.[H-].[Na+]. The Kier molecular flexibility index (Phi) is 11.2. The number of β-lactam (4-membered cyclic amide) rings is 1. The number of carboxylic acid groups (broad SMARTS) is 1. The number of rotatable bonds is 10. The van der Waals surface area contributed by atoms with Gasteiger partial charge in [-0.15, -0.1) is 16.9 Å². The van der Waals surface area contributed by atoms with Crippen LogP contribution >= 0.6 is 23.5 Å². The first-order valence-electron chi connectivity index (χ1n) is 12.6. The summed E-state index contributed by atoms with van der Waals surface area (Å²) in [5, 5.41) is 35.5. The number of methoxy groups -OCH3 is 1. The number of thioether (sulfide) groups is 2. The predicted molar refractivity (Wildman–Crippen MR) is 144 cm³/mol. The summed E-state index contributed by atoms with van der Waals surface area (Å²) in [6.07, 6.45) is -1.50. The van der Waals surface area contributed by atoms with Crippen LogP contribution in [0.3, 0.4) is 0 Å². The third kappa shape index (κ3) is 6.40. The van der Waals surface area contributed by atoms with Crippen molar-refractivity contribution in [3.8, 4) is 0 Å². The second kappa shape index (κ2) is 13.9. The molecular formula is C22H30N9NaO9S2. The van der Waals surface area contributed by atoms with Crippen molar-refractivity contribution in [2.24, 2.45) is 7.05 Å². The normalized spacial score (nSPS) is 23.2. The van der Waals surface area contributed by atoms with E-state index in [0.717, 1.165) is 23.8 Å². The number of aliphatic hydroxyl groups is 1. The first kappa shape index (κ1) is 34.7. The molecular weight excluding hydrogens is 621 g/mol. The number of likely N-dealkylation sites (N-methyl/N-ethyl adjacent to an activating group) is 1. The van der Waals surface area contributed by atoms with Crippen LogP contribution in [0.25, 0.3) is 0 Å². The number of carboxylic acids is 1. The van der Waals surface area contributed by atoms with E-state index in [1.807, 2.05) is 0 Å². The summed E-state index contributed by atoms with van der Waals surface area (Å²) < 4.78 is 6.84. The van der Waals surface area contributed by atoms with Gasteiger partial charge in [-0.25, -0.2) is 14.3 Å². The molecule has 0 spiro atoms. The largest absolute Gasteiger partial charge is 1.00 e. The van der Waals surface area contributed by atoms with Gasteiger partial charge in [0.2, 0.25) is 11.1 Å². The first-order valence-corrected chi connectivity index (χ1v) is 14.6. The van der Waals surface area contributed by atoms with Crippen LogP contribution in [0.15, 0.2) is 16.4 Å². The Balaban J connectivity index is 0.00000337. The number of aryl methyl sites for hydroxylation is 1. The number of fused-ring (bicyclic) bond motifs is 1. The standard InChI is InChI=1S/C22H29N9O9S2.Na.H/c1-5-29-6-7-30(16(35)15(29)34)20(39)23-12(10(2)32)14(33)24-22(40-4)18(38)31-13(17(36)37)11(8-41-19(22)31)9-42-21-25-26-27-28(21)3;;/h10,12,19,32H,5-9H2,1-4H3,(H,23,39)(H,24,33)(H,36,37);;/q;+1;-1/t10-,12+,19+,22-;;/m0../s1. The minimum Gasteiger partial charge on any atom is -1.00 e. The number of carbonyl (C=O) groups is 6. The Morgan fingerprint density at radius 3 is 2.51 bits per heavy atom. The van der Waals surface area contributed by atoms with E-state index in [4.69, 9.17) is 4.74 Å². The second-order valence-corrected chi connectivity index (χ2v) is 11.4. The number of hydrogen-bond donors (Lipinski definition) is 4. The average molecular weight is 652 g/mol. The van der Waals surface area contributed by atoms with Gasteiger partial charge in [-0.1, -0.05) is 11.8 Å². The van der Waals surface area contributed by atoms with Gasteiger partial charge in [0.25, 0.3) is 11.6 Å². The average Bonchev–Trinajstić information content (AvgIpc) is 3.37. The third-order valence-electron chi connectivity index (χ3n) is 6.88. The molecule has 6 amide bonds. The van der Waals surface area contributed by atoms with E-state index < -0.39 is 58.9 Å². The van der Waals surface area contributed by atoms with Gasteiger partial charge in [0.1, 0.15) is 17.1 Å². The number of piperazine rings is 1. The van der Waals surface area contributed by atoms with Crippen LogP contribution in [0.1, 0.15) is 15.3 Å². The number of hydrogen-bond acceptors (Lipinski definition) is 13. The number of aliphatic hydroxyl groups excluding tert-OH is 1. The number of aliphatic carboxylic acids is 1. The molecule has 4 atom stereocenters. The molecule has 21 heteroatoms. The summed E-state index contributed by atoms with van der Waals surface area (Å²) in [7, 11) is 2.78. The Morgan fingerprint density at radius 2 is 1.95 bits per heavy atom.